The maximum atomic E-state index is 10.2. The first kappa shape index (κ1) is 14.2. The molecule has 3 N–H and O–H groups in total. The van der Waals surface area contributed by atoms with Gasteiger partial charge in [0, 0.05) is 5.75 Å². The zero-order valence-corrected chi connectivity index (χ0v) is 12.4. The predicted molar refractivity (Wildman–Crippen MR) is 79.9 cm³/mol. The molecule has 0 saturated heterocycles. The highest BCUT2D eigenvalue weighted by molar-refractivity contribution is 8.01. The number of aliphatic hydroxyl groups is 1. The molecule has 1 aromatic carbocycles. The molecule has 0 fully saturated rings. The van der Waals surface area contributed by atoms with Crippen molar-refractivity contribution in [2.45, 2.75) is 17.2 Å². The highest BCUT2D eigenvalue weighted by Crippen LogP contribution is 2.33. The van der Waals surface area contributed by atoms with Crippen molar-refractivity contribution in [3.63, 3.8) is 0 Å². The molecule has 0 aliphatic carbocycles. The lowest BCUT2D eigenvalue weighted by atomic mass is 10.1. The summed E-state index contributed by atoms with van der Waals surface area (Å²) < 4.78 is 6.20. The number of methoxy groups -OCH3 is 1. The SMILES string of the molecule is COc1cccc(C(O)CSc2sc(N)nc2C)c1. The number of nitrogens with zero attached hydrogens (tertiary/aromatic N) is 1. The molecule has 4 nitrogen and oxygen atoms in total. The molecule has 0 radical (unpaired) electrons. The molecule has 0 saturated carbocycles. The van der Waals surface area contributed by atoms with E-state index in [1.54, 1.807) is 18.9 Å². The van der Waals surface area contributed by atoms with Crippen LogP contribution >= 0.6 is 23.1 Å². The molecule has 2 aromatic rings. The van der Waals surface area contributed by atoms with Crippen molar-refractivity contribution in [1.29, 1.82) is 0 Å². The molecule has 0 aliphatic heterocycles. The Hall–Kier alpha value is -1.24. The number of nitrogens with two attached hydrogens (primary N) is 1. The van der Waals surface area contributed by atoms with E-state index in [1.807, 2.05) is 31.2 Å². The number of benzene rings is 1. The molecule has 102 valence electrons. The summed E-state index contributed by atoms with van der Waals surface area (Å²) in [7, 11) is 1.61. The van der Waals surface area contributed by atoms with Gasteiger partial charge < -0.3 is 15.6 Å². The third-order valence-electron chi connectivity index (χ3n) is 2.62. The fraction of sp³-hybridized carbons (Fsp3) is 0.308. The topological polar surface area (TPSA) is 68.4 Å². The van der Waals surface area contributed by atoms with Crippen molar-refractivity contribution in [2.75, 3.05) is 18.6 Å². The standard InChI is InChI=1S/C13H16N2O2S2/c1-8-12(19-13(14)15-8)18-7-11(16)9-4-3-5-10(6-9)17-2/h3-6,11,16H,7H2,1-2H3,(H2,14,15). The predicted octanol–water partition coefficient (Wildman–Crippen LogP) is 2.87. The van der Waals surface area contributed by atoms with E-state index in [4.69, 9.17) is 10.5 Å². The summed E-state index contributed by atoms with van der Waals surface area (Å²) in [4.78, 5) is 4.16. The second kappa shape index (κ2) is 6.27. The first-order valence-corrected chi connectivity index (χ1v) is 7.58. The molecule has 1 unspecified atom stereocenters. The van der Waals surface area contributed by atoms with E-state index in [0.29, 0.717) is 10.9 Å². The Balaban J connectivity index is 2.00. The zero-order chi connectivity index (χ0) is 13.8. The number of thiazole rings is 1. The summed E-state index contributed by atoms with van der Waals surface area (Å²) in [6, 6.07) is 7.47. The van der Waals surface area contributed by atoms with Gasteiger partial charge in [0.2, 0.25) is 0 Å². The van der Waals surface area contributed by atoms with Crippen LogP contribution in [-0.2, 0) is 0 Å². The van der Waals surface area contributed by atoms with E-state index in [9.17, 15) is 5.11 Å². The third-order valence-corrected chi connectivity index (χ3v) is 5.05. The fourth-order valence-electron chi connectivity index (χ4n) is 1.64. The summed E-state index contributed by atoms with van der Waals surface area (Å²) in [6.45, 7) is 1.92. The van der Waals surface area contributed by atoms with Gasteiger partial charge in [0.1, 0.15) is 5.75 Å². The summed E-state index contributed by atoms with van der Waals surface area (Å²) in [5, 5.41) is 10.7. The van der Waals surface area contributed by atoms with Crippen LogP contribution < -0.4 is 10.5 Å². The number of rotatable bonds is 5. The van der Waals surface area contributed by atoms with Crippen molar-refractivity contribution < 1.29 is 9.84 Å². The minimum absolute atomic E-state index is 0.539. The first-order valence-electron chi connectivity index (χ1n) is 5.78. The van der Waals surface area contributed by atoms with Gasteiger partial charge in [-0.15, -0.1) is 11.8 Å². The van der Waals surface area contributed by atoms with Gasteiger partial charge in [-0.2, -0.15) is 0 Å². The van der Waals surface area contributed by atoms with Crippen molar-refractivity contribution in [2.24, 2.45) is 0 Å². The van der Waals surface area contributed by atoms with Crippen LogP contribution in [0, 0.1) is 6.92 Å². The summed E-state index contributed by atoms with van der Waals surface area (Å²) >= 11 is 3.02. The molecule has 19 heavy (non-hydrogen) atoms. The van der Waals surface area contributed by atoms with E-state index >= 15 is 0 Å². The van der Waals surface area contributed by atoms with Gasteiger partial charge in [0.15, 0.2) is 5.13 Å². The van der Waals surface area contributed by atoms with Crippen molar-refractivity contribution in [1.82, 2.24) is 4.98 Å². The number of hydrogen-bond acceptors (Lipinski definition) is 6. The summed E-state index contributed by atoms with van der Waals surface area (Å²) in [5.74, 6) is 1.31. The van der Waals surface area contributed by atoms with E-state index in [2.05, 4.69) is 4.98 Å². The van der Waals surface area contributed by atoms with Crippen LogP contribution in [0.2, 0.25) is 0 Å². The van der Waals surface area contributed by atoms with Crippen molar-refractivity contribution in [3.8, 4) is 5.75 Å². The number of thioether (sulfide) groups is 1. The third kappa shape index (κ3) is 3.62. The van der Waals surface area contributed by atoms with E-state index in [-0.39, 0.29) is 0 Å². The molecule has 0 bridgehead atoms. The molecule has 2 rings (SSSR count). The monoisotopic (exact) mass is 296 g/mol. The van der Waals surface area contributed by atoms with Crippen LogP contribution in [0.4, 0.5) is 5.13 Å². The molecule has 1 atom stereocenters. The highest BCUT2D eigenvalue weighted by atomic mass is 32.2. The fourth-order valence-corrected chi connectivity index (χ4v) is 3.65. The van der Waals surface area contributed by atoms with Gasteiger partial charge in [-0.3, -0.25) is 0 Å². The highest BCUT2D eigenvalue weighted by Gasteiger charge is 2.12. The van der Waals surface area contributed by atoms with Crippen LogP contribution in [0.15, 0.2) is 28.5 Å². The number of aliphatic hydroxyl groups excluding tert-OH is 1. The van der Waals surface area contributed by atoms with E-state index in [0.717, 1.165) is 21.2 Å². The number of hydrogen-bond donors (Lipinski definition) is 2. The smallest absolute Gasteiger partial charge is 0.181 e. The molecular weight excluding hydrogens is 280 g/mol. The number of aromatic nitrogens is 1. The Bertz CT molecular complexity index is 557. The van der Waals surface area contributed by atoms with Crippen molar-refractivity contribution >= 4 is 28.2 Å². The Morgan fingerprint density at radius 2 is 2.32 bits per heavy atom. The maximum Gasteiger partial charge on any atom is 0.181 e. The minimum atomic E-state index is -0.539. The molecule has 0 amide bonds. The Labute approximate surface area is 120 Å². The Morgan fingerprint density at radius 3 is 2.95 bits per heavy atom. The lowest BCUT2D eigenvalue weighted by Crippen LogP contribution is -2.00. The van der Waals surface area contributed by atoms with Crippen LogP contribution in [0.1, 0.15) is 17.4 Å². The number of anilines is 1. The van der Waals surface area contributed by atoms with Crippen LogP contribution in [0.3, 0.4) is 0 Å². The molecule has 0 aliphatic rings. The number of aryl methyl sites for hydroxylation is 1. The van der Waals surface area contributed by atoms with Crippen LogP contribution in [0.5, 0.6) is 5.75 Å². The number of ether oxygens (including phenoxy) is 1. The lowest BCUT2D eigenvalue weighted by Gasteiger charge is -2.11. The average molecular weight is 296 g/mol. The van der Waals surface area contributed by atoms with Gasteiger partial charge in [-0.25, -0.2) is 4.98 Å². The maximum absolute atomic E-state index is 10.2. The molecule has 0 spiro atoms. The molecular formula is C13H16N2O2S2. The van der Waals surface area contributed by atoms with Crippen LogP contribution in [0.25, 0.3) is 0 Å². The summed E-state index contributed by atoms with van der Waals surface area (Å²) in [5.41, 5.74) is 7.42. The van der Waals surface area contributed by atoms with Gasteiger partial charge in [0.05, 0.1) is 23.1 Å². The molecule has 6 heteroatoms. The second-order valence-corrected chi connectivity index (χ2v) is 6.35. The minimum Gasteiger partial charge on any atom is -0.497 e. The number of nitrogen functional groups attached to an aromatic ring is 1. The quantitative estimate of drug-likeness (QED) is 0.830. The van der Waals surface area contributed by atoms with Crippen molar-refractivity contribution in [3.05, 3.63) is 35.5 Å². The largest absolute Gasteiger partial charge is 0.497 e. The first-order chi connectivity index (χ1) is 9.10. The van der Waals surface area contributed by atoms with Gasteiger partial charge in [-0.1, -0.05) is 23.5 Å². The zero-order valence-electron chi connectivity index (χ0n) is 10.8. The lowest BCUT2D eigenvalue weighted by molar-refractivity contribution is 0.203. The van der Waals surface area contributed by atoms with Gasteiger partial charge in [-0.05, 0) is 24.6 Å². The molecule has 1 aromatic heterocycles. The van der Waals surface area contributed by atoms with Gasteiger partial charge in [0.25, 0.3) is 0 Å². The summed E-state index contributed by atoms with van der Waals surface area (Å²) in [6.07, 6.45) is -0.539. The second-order valence-electron chi connectivity index (χ2n) is 4.03. The molecule has 1 heterocycles. The normalized spacial score (nSPS) is 12.4. The van der Waals surface area contributed by atoms with Crippen LogP contribution in [-0.4, -0.2) is 23.0 Å². The van der Waals surface area contributed by atoms with Gasteiger partial charge >= 0.3 is 0 Å². The Morgan fingerprint density at radius 1 is 1.53 bits per heavy atom. The van der Waals surface area contributed by atoms with E-state index < -0.39 is 6.10 Å². The van der Waals surface area contributed by atoms with E-state index in [1.165, 1.54) is 11.3 Å². The average Bonchev–Trinajstić information content (AvgIpc) is 2.74. The Kier molecular flexibility index (Phi) is 4.68.